The molecule has 57 heavy (non-hydrogen) atoms. The number of carbonyl (C=O) groups is 2. The number of anilines is 1. The van der Waals surface area contributed by atoms with Gasteiger partial charge in [0, 0.05) is 35.7 Å². The van der Waals surface area contributed by atoms with Crippen LogP contribution in [0.15, 0.2) is 42.5 Å². The Bertz CT molecular complexity index is 2630. The third-order valence-electron chi connectivity index (χ3n) is 9.54. The van der Waals surface area contributed by atoms with Gasteiger partial charge in [-0.25, -0.2) is 27.0 Å². The molecule has 0 radical (unpaired) electrons. The number of pyridine rings is 1. The summed E-state index contributed by atoms with van der Waals surface area (Å²) >= 11 is 6.59. The number of hydrogen-bond acceptors (Lipinski definition) is 8. The Morgan fingerprint density at radius 3 is 2.33 bits per heavy atom. The molecule has 1 aliphatic rings. The summed E-state index contributed by atoms with van der Waals surface area (Å²) in [5.41, 5.74) is -1.82. The van der Waals surface area contributed by atoms with Crippen molar-refractivity contribution in [2.24, 2.45) is 13.0 Å². The van der Waals surface area contributed by atoms with Gasteiger partial charge in [0.15, 0.2) is 11.5 Å². The lowest BCUT2D eigenvalue weighted by Crippen LogP contribution is -2.35. The molecule has 3 atom stereocenters. The molecule has 1 amide bonds. The van der Waals surface area contributed by atoms with Crippen molar-refractivity contribution in [2.45, 2.75) is 64.1 Å². The molecule has 0 saturated heterocycles. The topological polar surface area (TPSA) is 181 Å². The van der Waals surface area contributed by atoms with E-state index in [0.717, 1.165) is 18.4 Å². The van der Waals surface area contributed by atoms with Crippen LogP contribution in [0.2, 0.25) is 5.02 Å². The summed E-state index contributed by atoms with van der Waals surface area (Å²) in [4.78, 5) is 30.8. The summed E-state index contributed by atoms with van der Waals surface area (Å²) in [5, 5.41) is 31.4. The van der Waals surface area contributed by atoms with Gasteiger partial charge in [-0.3, -0.25) is 18.9 Å². The Labute approximate surface area is 329 Å². The number of rotatable bonds is 10. The second-order valence-electron chi connectivity index (χ2n) is 14.5. The first-order valence-electron chi connectivity index (χ1n) is 17.3. The fourth-order valence-electron chi connectivity index (χ4n) is 6.96. The number of aliphatic hydroxyl groups is 1. The average Bonchev–Trinajstić information content (AvgIpc) is 3.68. The Morgan fingerprint density at radius 2 is 1.72 bits per heavy atom. The first kappa shape index (κ1) is 41.1. The number of nitrogens with zero attached hydrogens (tertiary/aromatic N) is 5. The third kappa shape index (κ3) is 8.31. The van der Waals surface area contributed by atoms with Crippen molar-refractivity contribution >= 4 is 50.2 Å². The Balaban J connectivity index is 1.55. The van der Waals surface area contributed by atoms with E-state index in [2.05, 4.69) is 32.1 Å². The van der Waals surface area contributed by atoms with E-state index in [1.165, 1.54) is 51.6 Å². The SMILES string of the molecule is C[C@@H]1c2c(C(=O)O)nn(CC(=O)N[C@@H](Cc3cc(F)cc(F)c3)c3nc(C#CC(C)(C)O)ccc3-c3ccc(Cl)c4c(NS(C)(=O)=O)nn(C)c34)c2C(F)(F)[C@@H]1C. The van der Waals surface area contributed by atoms with Gasteiger partial charge in [-0.15, -0.1) is 0 Å². The highest BCUT2D eigenvalue weighted by atomic mass is 35.5. The number of carboxylic acids is 1. The number of amides is 1. The number of fused-ring (bicyclic) bond motifs is 2. The van der Waals surface area contributed by atoms with Crippen LogP contribution in [-0.4, -0.2) is 66.9 Å². The first-order valence-corrected chi connectivity index (χ1v) is 19.6. The minimum absolute atomic E-state index is 0.0440. The molecular formula is C38H36ClF4N7O6S. The molecule has 300 valence electrons. The number of aryl methyl sites for hydroxylation is 1. The fraction of sp³-hybridized carbons (Fsp3) is 0.342. The van der Waals surface area contributed by atoms with Crippen LogP contribution in [0.4, 0.5) is 23.4 Å². The summed E-state index contributed by atoms with van der Waals surface area (Å²) in [5.74, 6) is -4.74. The number of carboxylic acid groups (broad SMARTS) is 1. The second-order valence-corrected chi connectivity index (χ2v) is 16.6. The van der Waals surface area contributed by atoms with Gasteiger partial charge in [0.25, 0.3) is 5.92 Å². The van der Waals surface area contributed by atoms with E-state index in [0.29, 0.717) is 21.8 Å². The predicted octanol–water partition coefficient (Wildman–Crippen LogP) is 5.90. The standard InChI is InChI=1S/C38H36ClF4N7O6S/c1-18-19(2)38(42,43)34-29(18)32(36(52)53)46-50(34)17-28(51)45-27(15-20-13-21(40)16-22(41)14-20)31-24(8-7-23(44-31)11-12-37(3,4)54)25-9-10-26(39)30-33(25)49(5)47-35(30)48-57(6,55)56/h7-10,13-14,16,18-19,27,54H,15,17H2,1-6H3,(H,45,51)(H,47,48)(H,52,53)/t18-,19+,27-/m0/s1. The molecule has 6 rings (SSSR count). The van der Waals surface area contributed by atoms with Crippen molar-refractivity contribution in [2.75, 3.05) is 11.0 Å². The monoisotopic (exact) mass is 829 g/mol. The van der Waals surface area contributed by atoms with Crippen molar-refractivity contribution in [1.82, 2.24) is 29.9 Å². The van der Waals surface area contributed by atoms with Gasteiger partial charge >= 0.3 is 5.97 Å². The molecule has 13 nitrogen and oxygen atoms in total. The maximum absolute atomic E-state index is 15.6. The molecule has 2 aromatic carbocycles. The molecule has 0 bridgehead atoms. The van der Waals surface area contributed by atoms with E-state index >= 15 is 8.78 Å². The molecule has 4 N–H and O–H groups in total. The summed E-state index contributed by atoms with van der Waals surface area (Å²) in [6.07, 6.45) is 0.610. The number of nitrogens with one attached hydrogen (secondary N) is 2. The van der Waals surface area contributed by atoms with Crippen LogP contribution in [0.5, 0.6) is 0 Å². The molecule has 3 aromatic heterocycles. The summed E-state index contributed by atoms with van der Waals surface area (Å²) < 4.78 is 89.2. The lowest BCUT2D eigenvalue weighted by molar-refractivity contribution is -0.123. The largest absolute Gasteiger partial charge is 0.476 e. The van der Waals surface area contributed by atoms with Gasteiger partial charge in [-0.2, -0.15) is 19.0 Å². The highest BCUT2D eigenvalue weighted by Crippen LogP contribution is 2.53. The number of aromatic nitrogens is 5. The molecule has 19 heteroatoms. The zero-order valence-corrected chi connectivity index (χ0v) is 32.8. The number of benzene rings is 2. The van der Waals surface area contributed by atoms with E-state index < -0.39 is 80.9 Å². The second kappa shape index (κ2) is 14.8. The minimum atomic E-state index is -3.82. The minimum Gasteiger partial charge on any atom is -0.476 e. The lowest BCUT2D eigenvalue weighted by Gasteiger charge is -2.23. The summed E-state index contributed by atoms with van der Waals surface area (Å²) in [6.45, 7) is 4.73. The predicted molar refractivity (Wildman–Crippen MR) is 202 cm³/mol. The fourth-order valence-corrected chi connectivity index (χ4v) is 7.70. The van der Waals surface area contributed by atoms with E-state index in [1.54, 1.807) is 12.1 Å². The molecule has 0 aliphatic heterocycles. The number of sulfonamides is 1. The normalized spacial score (nSPS) is 16.8. The van der Waals surface area contributed by atoms with E-state index in [9.17, 15) is 37.0 Å². The molecule has 0 fully saturated rings. The van der Waals surface area contributed by atoms with Crippen LogP contribution in [0, 0.1) is 29.4 Å². The maximum Gasteiger partial charge on any atom is 0.356 e. The van der Waals surface area contributed by atoms with Crippen molar-refractivity contribution in [1.29, 1.82) is 0 Å². The molecule has 5 aromatic rings. The lowest BCUT2D eigenvalue weighted by atomic mass is 9.93. The quantitative estimate of drug-likeness (QED) is 0.0985. The molecular weight excluding hydrogens is 794 g/mol. The smallest absolute Gasteiger partial charge is 0.356 e. The Hall–Kier alpha value is -5.51. The number of carbonyl (C=O) groups excluding carboxylic acids is 1. The van der Waals surface area contributed by atoms with Crippen LogP contribution in [0.3, 0.4) is 0 Å². The van der Waals surface area contributed by atoms with Gasteiger partial charge in [0.1, 0.15) is 35.2 Å². The average molecular weight is 830 g/mol. The van der Waals surface area contributed by atoms with Crippen LogP contribution >= 0.6 is 11.6 Å². The molecule has 1 aliphatic carbocycles. The zero-order chi connectivity index (χ0) is 41.9. The number of halogens is 5. The highest BCUT2D eigenvalue weighted by Gasteiger charge is 2.55. The number of aromatic carboxylic acids is 1. The first-order chi connectivity index (χ1) is 26.4. The number of hydrogen-bond donors (Lipinski definition) is 4. The van der Waals surface area contributed by atoms with Crippen molar-refractivity contribution in [3.8, 4) is 23.0 Å². The van der Waals surface area contributed by atoms with Gasteiger partial charge < -0.3 is 15.5 Å². The van der Waals surface area contributed by atoms with Crippen LogP contribution in [0.25, 0.3) is 22.0 Å². The van der Waals surface area contributed by atoms with Gasteiger partial charge in [0.05, 0.1) is 33.9 Å². The highest BCUT2D eigenvalue weighted by molar-refractivity contribution is 7.92. The number of alkyl halides is 2. The van der Waals surface area contributed by atoms with Crippen LogP contribution in [-0.2, 0) is 40.8 Å². The summed E-state index contributed by atoms with van der Waals surface area (Å²) in [6, 6.07) is 7.58. The van der Waals surface area contributed by atoms with Crippen LogP contribution < -0.4 is 10.0 Å². The van der Waals surface area contributed by atoms with Gasteiger partial charge in [-0.1, -0.05) is 37.4 Å². The van der Waals surface area contributed by atoms with Crippen molar-refractivity contribution < 1.29 is 45.8 Å². The zero-order valence-electron chi connectivity index (χ0n) is 31.2. The summed E-state index contributed by atoms with van der Waals surface area (Å²) in [7, 11) is -2.29. The molecule has 0 unspecified atom stereocenters. The van der Waals surface area contributed by atoms with Crippen molar-refractivity contribution in [3.05, 3.63) is 93.0 Å². The molecule has 0 spiro atoms. The van der Waals surface area contributed by atoms with E-state index in [1.807, 2.05) is 0 Å². The van der Waals surface area contributed by atoms with Gasteiger partial charge in [0.2, 0.25) is 15.9 Å². The van der Waals surface area contributed by atoms with E-state index in [4.69, 9.17) is 16.6 Å². The van der Waals surface area contributed by atoms with Crippen LogP contribution in [0.1, 0.15) is 78.4 Å². The Kier molecular flexibility index (Phi) is 10.7. The molecule has 0 saturated carbocycles. The Morgan fingerprint density at radius 1 is 1.07 bits per heavy atom. The maximum atomic E-state index is 15.6. The van der Waals surface area contributed by atoms with Crippen molar-refractivity contribution in [3.63, 3.8) is 0 Å². The van der Waals surface area contributed by atoms with Gasteiger partial charge in [-0.05, 0) is 68.0 Å². The third-order valence-corrected chi connectivity index (χ3v) is 10.4. The molecule has 3 heterocycles. The van der Waals surface area contributed by atoms with E-state index in [-0.39, 0.29) is 50.7 Å².